The lowest BCUT2D eigenvalue weighted by atomic mass is 10.1. The Kier molecular flexibility index (Phi) is 5.30. The number of rotatable bonds is 5. The number of nitrogens with one attached hydrogen (secondary N) is 1. The van der Waals surface area contributed by atoms with Crippen LogP contribution in [0.2, 0.25) is 0 Å². The Bertz CT molecular complexity index is 489. The van der Waals surface area contributed by atoms with Gasteiger partial charge in [-0.15, -0.1) is 0 Å². The average molecular weight is 261 g/mol. The zero-order valence-electron chi connectivity index (χ0n) is 11.7. The molecule has 0 unspecified atom stereocenters. The summed E-state index contributed by atoms with van der Waals surface area (Å²) in [4.78, 5) is 23.6. The first-order valence-corrected chi connectivity index (χ1v) is 6.12. The van der Waals surface area contributed by atoms with Crippen molar-refractivity contribution < 1.29 is 14.3 Å². The van der Waals surface area contributed by atoms with Gasteiger partial charge in [0.05, 0.1) is 12.8 Å². The Hall–Kier alpha value is -2.10. The number of ether oxygens (including phenoxy) is 1. The monoisotopic (exact) mass is 261 g/mol. The smallest absolute Gasteiger partial charge is 0.255 e. The molecule has 4 nitrogen and oxygen atoms in total. The van der Waals surface area contributed by atoms with Gasteiger partial charge in [0.15, 0.2) is 11.5 Å². The molecule has 0 aliphatic carbocycles. The molecule has 0 aliphatic heterocycles. The molecule has 1 rings (SSSR count). The number of ketones is 1. The van der Waals surface area contributed by atoms with E-state index in [0.29, 0.717) is 11.3 Å². The molecule has 0 saturated heterocycles. The van der Waals surface area contributed by atoms with Crippen molar-refractivity contribution in [2.75, 3.05) is 7.11 Å². The van der Waals surface area contributed by atoms with E-state index >= 15 is 0 Å². The van der Waals surface area contributed by atoms with Gasteiger partial charge in [-0.2, -0.15) is 0 Å². The van der Waals surface area contributed by atoms with Crippen LogP contribution in [-0.2, 0) is 9.53 Å². The maximum Gasteiger partial charge on any atom is 0.255 e. The van der Waals surface area contributed by atoms with Crippen molar-refractivity contribution >= 4 is 11.7 Å². The van der Waals surface area contributed by atoms with Crippen molar-refractivity contribution in [2.45, 2.75) is 20.8 Å². The number of hydrogen-bond donors (Lipinski definition) is 1. The molecule has 0 atom stereocenters. The summed E-state index contributed by atoms with van der Waals surface area (Å²) in [6, 6.07) is 8.85. The number of methoxy groups -OCH3 is 1. The maximum absolute atomic E-state index is 12.1. The van der Waals surface area contributed by atoms with Gasteiger partial charge in [0.25, 0.3) is 5.91 Å². The van der Waals surface area contributed by atoms with E-state index in [4.69, 9.17) is 4.74 Å². The lowest BCUT2D eigenvalue weighted by Crippen LogP contribution is -2.28. The number of hydrogen-bond acceptors (Lipinski definition) is 3. The first-order chi connectivity index (χ1) is 8.97. The number of carbonyl (C=O) groups is 2. The normalized spacial score (nSPS) is 11.8. The van der Waals surface area contributed by atoms with Crippen LogP contribution in [0, 0.1) is 5.92 Å². The van der Waals surface area contributed by atoms with Crippen LogP contribution in [0.4, 0.5) is 0 Å². The molecule has 102 valence electrons. The Labute approximate surface area is 113 Å². The van der Waals surface area contributed by atoms with E-state index in [2.05, 4.69) is 5.32 Å². The van der Waals surface area contributed by atoms with E-state index in [0.717, 1.165) is 0 Å². The minimum Gasteiger partial charge on any atom is -0.491 e. The summed E-state index contributed by atoms with van der Waals surface area (Å²) in [6.07, 6.45) is 0. The van der Waals surface area contributed by atoms with Crippen molar-refractivity contribution in [2.24, 2.45) is 5.92 Å². The third kappa shape index (κ3) is 3.95. The second-order valence-corrected chi connectivity index (χ2v) is 4.48. The molecule has 1 aromatic carbocycles. The SMILES string of the molecule is CO/C(C(C)=O)=C(\NC(=O)c1ccccc1)C(C)C. The first-order valence-electron chi connectivity index (χ1n) is 6.12. The van der Waals surface area contributed by atoms with Crippen molar-refractivity contribution in [3.05, 3.63) is 47.4 Å². The molecule has 1 N–H and O–H groups in total. The molecule has 0 aliphatic rings. The number of amides is 1. The van der Waals surface area contributed by atoms with Gasteiger partial charge in [0, 0.05) is 12.5 Å². The first kappa shape index (κ1) is 15.0. The predicted octanol–water partition coefficient (Wildman–Crippen LogP) is 2.52. The summed E-state index contributed by atoms with van der Waals surface area (Å²) >= 11 is 0. The number of allylic oxidation sites excluding steroid dienone is 2. The van der Waals surface area contributed by atoms with Crippen LogP contribution >= 0.6 is 0 Å². The summed E-state index contributed by atoms with van der Waals surface area (Å²) in [5, 5.41) is 2.76. The topological polar surface area (TPSA) is 55.4 Å². The average Bonchev–Trinajstić information content (AvgIpc) is 2.38. The highest BCUT2D eigenvalue weighted by molar-refractivity contribution is 5.97. The lowest BCUT2D eigenvalue weighted by Gasteiger charge is -2.17. The maximum atomic E-state index is 12.1. The number of Topliss-reactive ketones (excluding diaryl/α,β-unsaturated/α-hetero) is 1. The molecule has 0 heterocycles. The summed E-state index contributed by atoms with van der Waals surface area (Å²) in [5.74, 6) is -0.287. The highest BCUT2D eigenvalue weighted by Crippen LogP contribution is 2.14. The van der Waals surface area contributed by atoms with Crippen LogP contribution in [0.3, 0.4) is 0 Å². The molecular formula is C15H19NO3. The van der Waals surface area contributed by atoms with Gasteiger partial charge in [-0.05, 0) is 18.1 Å². The van der Waals surface area contributed by atoms with Crippen LogP contribution in [0.15, 0.2) is 41.8 Å². The zero-order chi connectivity index (χ0) is 14.4. The predicted molar refractivity (Wildman–Crippen MR) is 73.5 cm³/mol. The summed E-state index contributed by atoms with van der Waals surface area (Å²) in [7, 11) is 1.42. The van der Waals surface area contributed by atoms with E-state index in [1.54, 1.807) is 24.3 Å². The summed E-state index contributed by atoms with van der Waals surface area (Å²) in [6.45, 7) is 5.20. The Morgan fingerprint density at radius 3 is 2.16 bits per heavy atom. The molecule has 1 amide bonds. The fraction of sp³-hybridized carbons (Fsp3) is 0.333. The number of benzene rings is 1. The molecular weight excluding hydrogens is 242 g/mol. The molecule has 0 bridgehead atoms. The van der Waals surface area contributed by atoms with Gasteiger partial charge in [0.1, 0.15) is 0 Å². The van der Waals surface area contributed by atoms with Gasteiger partial charge in [-0.3, -0.25) is 9.59 Å². The minimum atomic E-state index is -0.250. The van der Waals surface area contributed by atoms with Gasteiger partial charge in [-0.1, -0.05) is 32.0 Å². The van der Waals surface area contributed by atoms with Gasteiger partial charge >= 0.3 is 0 Å². The van der Waals surface area contributed by atoms with Gasteiger partial charge < -0.3 is 10.1 Å². The molecule has 0 aromatic heterocycles. The fourth-order valence-electron chi connectivity index (χ4n) is 1.69. The Morgan fingerprint density at radius 1 is 1.16 bits per heavy atom. The standard InChI is InChI=1S/C15H19NO3/c1-10(2)13(14(19-4)11(3)17)16-15(18)12-8-6-5-7-9-12/h5-10H,1-4H3,(H,16,18)/b14-13-. The second kappa shape index (κ2) is 6.73. The molecule has 19 heavy (non-hydrogen) atoms. The third-order valence-electron chi connectivity index (χ3n) is 2.63. The highest BCUT2D eigenvalue weighted by atomic mass is 16.5. The zero-order valence-corrected chi connectivity index (χ0v) is 11.7. The molecule has 0 radical (unpaired) electrons. The summed E-state index contributed by atoms with van der Waals surface area (Å²) < 4.78 is 5.09. The molecule has 4 heteroatoms. The van der Waals surface area contributed by atoms with Gasteiger partial charge in [0.2, 0.25) is 0 Å². The van der Waals surface area contributed by atoms with E-state index in [1.165, 1.54) is 14.0 Å². The van der Waals surface area contributed by atoms with Crippen molar-refractivity contribution in [3.63, 3.8) is 0 Å². The second-order valence-electron chi connectivity index (χ2n) is 4.48. The largest absolute Gasteiger partial charge is 0.491 e. The Morgan fingerprint density at radius 2 is 1.74 bits per heavy atom. The molecule has 1 aromatic rings. The minimum absolute atomic E-state index is 0.0217. The number of carbonyl (C=O) groups excluding carboxylic acids is 2. The van der Waals surface area contributed by atoms with E-state index in [9.17, 15) is 9.59 Å². The van der Waals surface area contributed by atoms with E-state index in [1.807, 2.05) is 19.9 Å². The van der Waals surface area contributed by atoms with Crippen molar-refractivity contribution in [1.82, 2.24) is 5.32 Å². The van der Waals surface area contributed by atoms with Crippen molar-refractivity contribution in [1.29, 1.82) is 0 Å². The molecule has 0 saturated carbocycles. The fourth-order valence-corrected chi connectivity index (χ4v) is 1.69. The highest BCUT2D eigenvalue weighted by Gasteiger charge is 2.18. The van der Waals surface area contributed by atoms with Crippen LogP contribution in [-0.4, -0.2) is 18.8 Å². The summed E-state index contributed by atoms with van der Waals surface area (Å²) in [5.41, 5.74) is 1.04. The molecule has 0 spiro atoms. The van der Waals surface area contributed by atoms with Crippen LogP contribution in [0.25, 0.3) is 0 Å². The van der Waals surface area contributed by atoms with E-state index in [-0.39, 0.29) is 23.4 Å². The van der Waals surface area contributed by atoms with E-state index < -0.39 is 0 Å². The quantitative estimate of drug-likeness (QED) is 0.654. The lowest BCUT2D eigenvalue weighted by molar-refractivity contribution is -0.116. The third-order valence-corrected chi connectivity index (χ3v) is 2.63. The van der Waals surface area contributed by atoms with Crippen molar-refractivity contribution in [3.8, 4) is 0 Å². The van der Waals surface area contributed by atoms with Crippen LogP contribution in [0.1, 0.15) is 31.1 Å². The van der Waals surface area contributed by atoms with Crippen LogP contribution in [0.5, 0.6) is 0 Å². The van der Waals surface area contributed by atoms with Gasteiger partial charge in [-0.25, -0.2) is 0 Å². The van der Waals surface area contributed by atoms with Crippen LogP contribution < -0.4 is 5.32 Å². The molecule has 0 fully saturated rings. The Balaban J connectivity index is 3.04.